The molecule has 4 aromatic rings. The van der Waals surface area contributed by atoms with Crippen LogP contribution in [-0.4, -0.2) is 47.3 Å². The average molecular weight is 603 g/mol. The van der Waals surface area contributed by atoms with Gasteiger partial charge in [-0.25, -0.2) is 15.0 Å². The lowest BCUT2D eigenvalue weighted by Gasteiger charge is -2.34. The number of hydrazine groups is 1. The number of hydrogen-bond donors (Lipinski definition) is 2. The normalized spacial score (nSPS) is 11.6. The third-order valence-electron chi connectivity index (χ3n) is 6.64. The van der Waals surface area contributed by atoms with Crippen LogP contribution in [0.2, 0.25) is 0 Å². The highest BCUT2D eigenvalue weighted by molar-refractivity contribution is 7.96. The topological polar surface area (TPSA) is 163 Å². The summed E-state index contributed by atoms with van der Waals surface area (Å²) in [6.45, 7) is -3.22. The van der Waals surface area contributed by atoms with Gasteiger partial charge in [0.05, 0.1) is 35.4 Å². The number of nitrogens with one attached hydrogen (secondary N) is 2. The lowest BCUT2D eigenvalue weighted by atomic mass is 10.2. The van der Waals surface area contributed by atoms with Crippen molar-refractivity contribution in [3.8, 4) is 0 Å². The van der Waals surface area contributed by atoms with E-state index in [4.69, 9.17) is 9.47 Å². The van der Waals surface area contributed by atoms with Gasteiger partial charge in [0.2, 0.25) is 0 Å². The van der Waals surface area contributed by atoms with Crippen molar-refractivity contribution in [3.63, 3.8) is 0 Å². The largest absolute Gasteiger partial charge is 0.468 e. The molecule has 4 rings (SSSR count). The summed E-state index contributed by atoms with van der Waals surface area (Å²) in [5.41, 5.74) is 4.08. The summed E-state index contributed by atoms with van der Waals surface area (Å²) < 4.78 is 10.4. The van der Waals surface area contributed by atoms with Crippen molar-refractivity contribution >= 4 is 57.1 Å². The fraction of sp³-hybridized carbons (Fsp3) is 0.100. The van der Waals surface area contributed by atoms with Gasteiger partial charge in [0, 0.05) is 6.07 Å². The Morgan fingerprint density at radius 1 is 0.721 bits per heavy atom. The highest BCUT2D eigenvalue weighted by Crippen LogP contribution is 2.47. The molecule has 0 aliphatic carbocycles. The first-order valence-electron chi connectivity index (χ1n) is 12.8. The fourth-order valence-electron chi connectivity index (χ4n) is 4.77. The number of ether oxygens (including phenoxy) is 2. The summed E-state index contributed by atoms with van der Waals surface area (Å²) in [4.78, 5) is 48.9. The molecule has 220 valence electrons. The molecular weight excluding hydrogens is 575 g/mol. The minimum absolute atomic E-state index is 0.00233. The van der Waals surface area contributed by atoms with E-state index in [9.17, 15) is 29.8 Å². The lowest BCUT2D eigenvalue weighted by Crippen LogP contribution is -2.52. The number of carbonyl (C=O) groups excluding carboxylic acids is 2. The second kappa shape index (κ2) is 13.6. The lowest BCUT2D eigenvalue weighted by molar-refractivity contribution is -0.393. The fourth-order valence-corrected chi connectivity index (χ4v) is 9.28. The zero-order chi connectivity index (χ0) is 31.0. The predicted molar refractivity (Wildman–Crippen MR) is 164 cm³/mol. The number of non-ortho nitro benzene ring substituents is 1. The van der Waals surface area contributed by atoms with Crippen molar-refractivity contribution in [3.05, 3.63) is 129 Å². The summed E-state index contributed by atoms with van der Waals surface area (Å²) in [5, 5.41) is 25.2. The number of hydrogen-bond acceptors (Lipinski definition) is 10. The Balaban J connectivity index is 2.09. The summed E-state index contributed by atoms with van der Waals surface area (Å²) in [7, 11) is 2.34. The molecule has 2 N–H and O–H groups in total. The first kappa shape index (κ1) is 30.6. The molecule has 13 heteroatoms. The van der Waals surface area contributed by atoms with E-state index in [-0.39, 0.29) is 11.0 Å². The van der Waals surface area contributed by atoms with Crippen molar-refractivity contribution < 1.29 is 28.9 Å². The molecule has 0 saturated carbocycles. The van der Waals surface area contributed by atoms with Crippen molar-refractivity contribution in [2.45, 2.75) is 6.04 Å². The molecule has 12 nitrogen and oxygen atoms in total. The maximum Gasteiger partial charge on any atom is 0.337 e. The van der Waals surface area contributed by atoms with Crippen LogP contribution in [0.5, 0.6) is 0 Å². The maximum atomic E-state index is 14.0. The molecule has 1 atom stereocenters. The Bertz CT molecular complexity index is 1600. The number of nitro groups is 2. The Morgan fingerprint density at radius 3 is 1.60 bits per heavy atom. The molecule has 0 bridgehead atoms. The number of methoxy groups -OCH3 is 2. The minimum Gasteiger partial charge on any atom is -0.468 e. The Hall–Kier alpha value is -5.32. The van der Waals surface area contributed by atoms with Gasteiger partial charge in [0.1, 0.15) is 5.69 Å². The third kappa shape index (κ3) is 6.15. The third-order valence-corrected chi connectivity index (χ3v) is 11.0. The van der Waals surface area contributed by atoms with E-state index in [1.807, 2.05) is 91.0 Å². The molecule has 0 aliphatic heterocycles. The van der Waals surface area contributed by atoms with Crippen molar-refractivity contribution in [2.24, 2.45) is 0 Å². The van der Waals surface area contributed by atoms with Crippen molar-refractivity contribution in [1.82, 2.24) is 5.43 Å². The van der Waals surface area contributed by atoms with Gasteiger partial charge in [0.15, 0.2) is 6.04 Å². The average Bonchev–Trinajstić information content (AvgIpc) is 3.05. The SMILES string of the molecule is COC(=O)C(C(NNc1ccc([N+](=O)[O-])cc1[N+](=O)[O-])C(=O)OC)=P(c1ccccc1)(c1ccccc1)c1ccccc1. The second-order valence-electron chi connectivity index (χ2n) is 9.00. The van der Waals surface area contributed by atoms with E-state index < -0.39 is 46.1 Å². The monoisotopic (exact) mass is 602 g/mol. The second-order valence-corrected chi connectivity index (χ2v) is 12.4. The number of nitrogens with zero attached hydrogens (tertiary/aromatic N) is 2. The summed E-state index contributed by atoms with van der Waals surface area (Å²) in [5.74, 6) is -1.70. The van der Waals surface area contributed by atoms with Gasteiger partial charge in [-0.3, -0.25) is 20.2 Å². The van der Waals surface area contributed by atoms with Gasteiger partial charge in [-0.15, -0.1) is 0 Å². The minimum atomic E-state index is -3.22. The van der Waals surface area contributed by atoms with Gasteiger partial charge in [-0.05, 0) is 28.9 Å². The van der Waals surface area contributed by atoms with Gasteiger partial charge < -0.3 is 14.9 Å². The number of nitro benzene ring substituents is 2. The molecule has 0 aromatic heterocycles. The van der Waals surface area contributed by atoms with Crippen LogP contribution in [0.15, 0.2) is 109 Å². The number of rotatable bonds is 11. The first-order chi connectivity index (χ1) is 20.7. The van der Waals surface area contributed by atoms with E-state index >= 15 is 0 Å². The number of carbonyl (C=O) groups is 2. The Labute approximate surface area is 246 Å². The standard InChI is InChI=1S/C30H27N4O8P/c1-41-29(35)27(32-31-25-19-18-21(33(37)38)20-26(25)34(39)40)28(30(36)42-2)43(22-12-6-3-7-13-22,23-14-8-4-9-15-23)24-16-10-5-11-17-24/h3-20,27,31-32H,1-2H3. The zero-order valence-corrected chi connectivity index (χ0v) is 24.0. The van der Waals surface area contributed by atoms with Gasteiger partial charge >= 0.3 is 17.6 Å². The maximum absolute atomic E-state index is 14.0. The molecule has 0 spiro atoms. The van der Waals surface area contributed by atoms with Crippen LogP contribution >= 0.6 is 6.89 Å². The van der Waals surface area contributed by atoms with Crippen molar-refractivity contribution in [1.29, 1.82) is 0 Å². The van der Waals surface area contributed by atoms with Crippen LogP contribution in [-0.2, 0) is 19.1 Å². The predicted octanol–water partition coefficient (Wildman–Crippen LogP) is 3.30. The molecule has 0 aliphatic rings. The Morgan fingerprint density at radius 2 is 1.21 bits per heavy atom. The number of esters is 2. The van der Waals surface area contributed by atoms with E-state index in [0.717, 1.165) is 41.2 Å². The molecule has 1 unspecified atom stereocenters. The van der Waals surface area contributed by atoms with Crippen LogP contribution in [0.4, 0.5) is 17.1 Å². The molecule has 0 amide bonds. The van der Waals surface area contributed by atoms with Gasteiger partial charge in [-0.2, -0.15) is 0 Å². The smallest absolute Gasteiger partial charge is 0.337 e. The van der Waals surface area contributed by atoms with E-state index in [0.29, 0.717) is 0 Å². The number of anilines is 1. The quantitative estimate of drug-likeness (QED) is 0.113. The van der Waals surface area contributed by atoms with Crippen LogP contribution in [0.25, 0.3) is 0 Å². The summed E-state index contributed by atoms with van der Waals surface area (Å²) in [6, 6.07) is 29.0. The summed E-state index contributed by atoms with van der Waals surface area (Å²) >= 11 is 0. The molecule has 0 fully saturated rings. The van der Waals surface area contributed by atoms with Crippen LogP contribution < -0.4 is 26.8 Å². The highest BCUT2D eigenvalue weighted by atomic mass is 31.2. The molecule has 0 heterocycles. The van der Waals surface area contributed by atoms with Crippen LogP contribution in [0, 0.1) is 20.2 Å². The van der Waals surface area contributed by atoms with E-state index in [1.54, 1.807) is 0 Å². The van der Waals surface area contributed by atoms with Crippen molar-refractivity contribution in [2.75, 3.05) is 19.6 Å². The summed E-state index contributed by atoms with van der Waals surface area (Å²) in [6.07, 6.45) is 0. The highest BCUT2D eigenvalue weighted by Gasteiger charge is 2.41. The molecule has 0 saturated heterocycles. The zero-order valence-electron chi connectivity index (χ0n) is 23.1. The molecular formula is C30H27N4O8P. The molecule has 4 aromatic carbocycles. The van der Waals surface area contributed by atoms with Gasteiger partial charge in [-0.1, -0.05) is 91.0 Å². The van der Waals surface area contributed by atoms with E-state index in [1.165, 1.54) is 7.11 Å². The first-order valence-corrected chi connectivity index (χ1v) is 14.6. The van der Waals surface area contributed by atoms with Gasteiger partial charge in [0.25, 0.3) is 5.69 Å². The Kier molecular flexibility index (Phi) is 9.66. The molecule has 0 radical (unpaired) electrons. The van der Waals surface area contributed by atoms with Crippen LogP contribution in [0.3, 0.4) is 0 Å². The van der Waals surface area contributed by atoms with Crippen LogP contribution in [0.1, 0.15) is 0 Å². The number of benzene rings is 4. The van der Waals surface area contributed by atoms with E-state index in [2.05, 4.69) is 10.9 Å². The molecule has 43 heavy (non-hydrogen) atoms.